The Morgan fingerprint density at radius 2 is 2.23 bits per heavy atom. The van der Waals surface area contributed by atoms with Gasteiger partial charge in [0.25, 0.3) is 5.82 Å². The summed E-state index contributed by atoms with van der Waals surface area (Å²) in [6.07, 6.45) is 0.139. The predicted molar refractivity (Wildman–Crippen MR) is 75.2 cm³/mol. The topological polar surface area (TPSA) is 77.0 Å². The summed E-state index contributed by atoms with van der Waals surface area (Å²) >= 11 is 0.841. The van der Waals surface area contributed by atoms with Gasteiger partial charge in [-0.3, -0.25) is 4.79 Å². The second kappa shape index (κ2) is 6.59. The van der Waals surface area contributed by atoms with Gasteiger partial charge >= 0.3 is 6.18 Å². The first-order valence-electron chi connectivity index (χ1n) is 6.74. The number of nitrogens with two attached hydrogens (primary N) is 1. The molecule has 122 valence electrons. The molecule has 0 fully saturated rings. The standard InChI is InChI=1S/C12H16F3N5OS/c1-2-19(8-5-3-4-6-8)9(21)7-22-11-18-17-10(20(11)16)12(13,14)15/h5H,2-4,6-7,16H2,1H3. The molecule has 1 aromatic rings. The third kappa shape index (κ3) is 3.54. The normalized spacial score (nSPS) is 15.0. The fourth-order valence-electron chi connectivity index (χ4n) is 2.21. The van der Waals surface area contributed by atoms with Crippen LogP contribution >= 0.6 is 11.8 Å². The summed E-state index contributed by atoms with van der Waals surface area (Å²) < 4.78 is 38.0. The van der Waals surface area contributed by atoms with Gasteiger partial charge in [0, 0.05) is 12.2 Å². The number of amides is 1. The van der Waals surface area contributed by atoms with Crippen LogP contribution in [0.25, 0.3) is 0 Å². The van der Waals surface area contributed by atoms with E-state index in [0.29, 0.717) is 11.2 Å². The maximum atomic E-state index is 12.6. The zero-order valence-electron chi connectivity index (χ0n) is 11.9. The van der Waals surface area contributed by atoms with Gasteiger partial charge < -0.3 is 10.7 Å². The van der Waals surface area contributed by atoms with E-state index in [1.54, 1.807) is 4.90 Å². The molecule has 0 bridgehead atoms. The lowest BCUT2D eigenvalue weighted by Gasteiger charge is -2.21. The second-order valence-electron chi connectivity index (χ2n) is 4.69. The molecule has 0 atom stereocenters. The van der Waals surface area contributed by atoms with Crippen LogP contribution in [-0.4, -0.2) is 38.0 Å². The first kappa shape index (κ1) is 16.7. The molecule has 0 aliphatic heterocycles. The minimum atomic E-state index is -4.67. The molecule has 0 unspecified atom stereocenters. The zero-order chi connectivity index (χ0) is 16.3. The monoisotopic (exact) mass is 335 g/mol. The van der Waals surface area contributed by atoms with Crippen molar-refractivity contribution >= 4 is 17.7 Å². The summed E-state index contributed by atoms with van der Waals surface area (Å²) in [5.74, 6) is 3.81. The molecule has 1 aliphatic carbocycles. The van der Waals surface area contributed by atoms with Gasteiger partial charge in [0.2, 0.25) is 11.1 Å². The van der Waals surface area contributed by atoms with Crippen LogP contribution in [0.4, 0.5) is 13.2 Å². The lowest BCUT2D eigenvalue weighted by Crippen LogP contribution is -2.31. The van der Waals surface area contributed by atoms with Crippen LogP contribution in [0.1, 0.15) is 32.0 Å². The Hall–Kier alpha value is -1.71. The summed E-state index contributed by atoms with van der Waals surface area (Å²) in [6.45, 7) is 2.38. The average molecular weight is 335 g/mol. The molecule has 2 rings (SSSR count). The predicted octanol–water partition coefficient (Wildman–Crippen LogP) is 2.02. The molecule has 1 heterocycles. The molecule has 0 radical (unpaired) electrons. The minimum absolute atomic E-state index is 0.0433. The van der Waals surface area contributed by atoms with E-state index in [-0.39, 0.29) is 16.8 Å². The molecule has 10 heteroatoms. The number of nitrogens with zero attached hydrogens (tertiary/aromatic N) is 4. The Morgan fingerprint density at radius 3 is 2.73 bits per heavy atom. The van der Waals surface area contributed by atoms with Crippen LogP contribution in [0.5, 0.6) is 0 Å². The van der Waals surface area contributed by atoms with Gasteiger partial charge in [-0.05, 0) is 26.2 Å². The van der Waals surface area contributed by atoms with Crippen LogP contribution in [-0.2, 0) is 11.0 Å². The van der Waals surface area contributed by atoms with Crippen molar-refractivity contribution in [2.45, 2.75) is 37.5 Å². The molecule has 0 spiro atoms. The summed E-state index contributed by atoms with van der Waals surface area (Å²) in [6, 6.07) is 0. The molecule has 0 saturated carbocycles. The molecule has 6 nitrogen and oxygen atoms in total. The number of hydrogen-bond acceptors (Lipinski definition) is 5. The highest BCUT2D eigenvalue weighted by Crippen LogP contribution is 2.29. The lowest BCUT2D eigenvalue weighted by molar-refractivity contribution is -0.146. The van der Waals surface area contributed by atoms with E-state index in [1.807, 2.05) is 13.0 Å². The van der Waals surface area contributed by atoms with Crippen molar-refractivity contribution in [3.8, 4) is 0 Å². The van der Waals surface area contributed by atoms with E-state index in [9.17, 15) is 18.0 Å². The van der Waals surface area contributed by atoms with Gasteiger partial charge in [-0.25, -0.2) is 4.68 Å². The van der Waals surface area contributed by atoms with Crippen molar-refractivity contribution in [1.82, 2.24) is 19.8 Å². The number of nitrogen functional groups attached to an aromatic ring is 1. The van der Waals surface area contributed by atoms with E-state index in [2.05, 4.69) is 10.2 Å². The molecule has 1 aromatic heterocycles. The smallest absolute Gasteiger partial charge is 0.335 e. The first-order valence-corrected chi connectivity index (χ1v) is 7.73. The van der Waals surface area contributed by atoms with E-state index in [0.717, 1.165) is 36.7 Å². The molecular formula is C12H16F3N5OS. The molecular weight excluding hydrogens is 319 g/mol. The van der Waals surface area contributed by atoms with Crippen LogP contribution in [0, 0.1) is 0 Å². The van der Waals surface area contributed by atoms with Gasteiger partial charge in [0.05, 0.1) is 5.75 Å². The van der Waals surface area contributed by atoms with Crippen molar-refractivity contribution < 1.29 is 18.0 Å². The minimum Gasteiger partial charge on any atom is -0.335 e. The van der Waals surface area contributed by atoms with Crippen LogP contribution < -0.4 is 5.84 Å². The van der Waals surface area contributed by atoms with E-state index >= 15 is 0 Å². The van der Waals surface area contributed by atoms with Gasteiger partial charge in [0.1, 0.15) is 0 Å². The Labute approximate surface area is 129 Å². The van der Waals surface area contributed by atoms with Crippen molar-refractivity contribution in [1.29, 1.82) is 0 Å². The van der Waals surface area contributed by atoms with Crippen molar-refractivity contribution in [3.63, 3.8) is 0 Å². The van der Waals surface area contributed by atoms with Crippen LogP contribution in [0.15, 0.2) is 16.9 Å². The molecule has 1 aliphatic rings. The molecule has 2 N–H and O–H groups in total. The fraction of sp³-hybridized carbons (Fsp3) is 0.583. The van der Waals surface area contributed by atoms with Gasteiger partial charge in [-0.1, -0.05) is 17.8 Å². The molecule has 0 saturated heterocycles. The number of hydrogen-bond donors (Lipinski definition) is 1. The average Bonchev–Trinajstić information content (AvgIpc) is 3.06. The van der Waals surface area contributed by atoms with Gasteiger partial charge in [-0.2, -0.15) is 13.2 Å². The number of allylic oxidation sites excluding steroid dienone is 2. The number of carbonyl (C=O) groups is 1. The number of carbonyl (C=O) groups excluding carboxylic acids is 1. The summed E-state index contributed by atoms with van der Waals surface area (Å²) in [7, 11) is 0. The highest BCUT2D eigenvalue weighted by Gasteiger charge is 2.38. The van der Waals surface area contributed by atoms with Gasteiger partial charge in [-0.15, -0.1) is 10.2 Å². The summed E-state index contributed by atoms with van der Waals surface area (Å²) in [5, 5.41) is 6.25. The Morgan fingerprint density at radius 1 is 1.50 bits per heavy atom. The molecule has 22 heavy (non-hydrogen) atoms. The first-order chi connectivity index (χ1) is 10.3. The van der Waals surface area contributed by atoms with Crippen molar-refractivity contribution in [2.24, 2.45) is 0 Å². The van der Waals surface area contributed by atoms with E-state index < -0.39 is 12.0 Å². The van der Waals surface area contributed by atoms with Crippen LogP contribution in [0.3, 0.4) is 0 Å². The number of rotatable bonds is 5. The Balaban J connectivity index is 2.00. The number of thioether (sulfide) groups is 1. The highest BCUT2D eigenvalue weighted by atomic mass is 32.2. The van der Waals surface area contributed by atoms with E-state index in [4.69, 9.17) is 5.84 Å². The Bertz CT molecular complexity index is 584. The number of halogens is 3. The fourth-order valence-corrected chi connectivity index (χ4v) is 2.94. The maximum Gasteiger partial charge on any atom is 0.453 e. The largest absolute Gasteiger partial charge is 0.453 e. The lowest BCUT2D eigenvalue weighted by atomic mass is 10.3. The van der Waals surface area contributed by atoms with Crippen LogP contribution in [0.2, 0.25) is 0 Å². The molecule has 0 aromatic carbocycles. The SMILES string of the molecule is CCN(C(=O)CSc1nnc(C(F)(F)F)n1N)C1=CCCC1. The third-order valence-electron chi connectivity index (χ3n) is 3.22. The van der Waals surface area contributed by atoms with Crippen molar-refractivity contribution in [2.75, 3.05) is 18.1 Å². The summed E-state index contributed by atoms with van der Waals surface area (Å²) in [4.78, 5) is 13.8. The second-order valence-corrected chi connectivity index (χ2v) is 5.63. The highest BCUT2D eigenvalue weighted by molar-refractivity contribution is 7.99. The quantitative estimate of drug-likeness (QED) is 0.658. The van der Waals surface area contributed by atoms with E-state index in [1.165, 1.54) is 0 Å². The number of alkyl halides is 3. The third-order valence-corrected chi connectivity index (χ3v) is 4.15. The zero-order valence-corrected chi connectivity index (χ0v) is 12.7. The van der Waals surface area contributed by atoms with Crippen molar-refractivity contribution in [3.05, 3.63) is 17.6 Å². The number of aromatic nitrogens is 3. The summed E-state index contributed by atoms with van der Waals surface area (Å²) in [5.41, 5.74) is 0.971. The maximum absolute atomic E-state index is 12.6. The molecule has 1 amide bonds. The Kier molecular flexibility index (Phi) is 4.99. The van der Waals surface area contributed by atoms with Gasteiger partial charge in [0.15, 0.2) is 0 Å².